The summed E-state index contributed by atoms with van der Waals surface area (Å²) < 4.78 is 0. The highest BCUT2D eigenvalue weighted by molar-refractivity contribution is 5.20. The number of hydrogen-bond acceptors (Lipinski definition) is 1. The van der Waals surface area contributed by atoms with Crippen LogP contribution in [0, 0.1) is 11.3 Å². The molecule has 0 fully saturated rings. The van der Waals surface area contributed by atoms with Crippen LogP contribution in [0.1, 0.15) is 55.4 Å². The molecule has 0 saturated carbocycles. The topological polar surface area (TPSA) is 20.2 Å². The van der Waals surface area contributed by atoms with Crippen LogP contribution < -0.4 is 0 Å². The van der Waals surface area contributed by atoms with E-state index in [4.69, 9.17) is 0 Å². The largest absolute Gasteiger partial charge is 0.390 e. The molecule has 1 N–H and O–H groups in total. The van der Waals surface area contributed by atoms with E-state index >= 15 is 0 Å². The molecular weight excluding hydrogens is 172 g/mol. The number of aliphatic hydroxyl groups is 1. The van der Waals surface area contributed by atoms with Gasteiger partial charge in [0.25, 0.3) is 0 Å². The maximum Gasteiger partial charge on any atom is 0.0654 e. The van der Waals surface area contributed by atoms with Gasteiger partial charge in [0.05, 0.1) is 5.60 Å². The molecule has 0 aromatic rings. The molecular formula is C13H26O. The summed E-state index contributed by atoms with van der Waals surface area (Å²) in [5.74, 6) is 0.210. The van der Waals surface area contributed by atoms with Crippen molar-refractivity contribution >= 4 is 0 Å². The van der Waals surface area contributed by atoms with Crippen molar-refractivity contribution in [2.45, 2.75) is 61.0 Å². The Labute approximate surface area is 89.2 Å². The standard InChI is InChI=1S/C13H26O/c1-9(10(2)12(4,5)6)11(3)13(7,8)14/h11,14H,1-8H3. The summed E-state index contributed by atoms with van der Waals surface area (Å²) in [6, 6.07) is 0. The van der Waals surface area contributed by atoms with Gasteiger partial charge in [0.1, 0.15) is 0 Å². The molecule has 0 aliphatic heterocycles. The Kier molecular flexibility index (Phi) is 3.97. The van der Waals surface area contributed by atoms with E-state index < -0.39 is 5.60 Å². The molecule has 0 spiro atoms. The van der Waals surface area contributed by atoms with Crippen LogP contribution in [-0.2, 0) is 0 Å². The fraction of sp³-hybridized carbons (Fsp3) is 0.846. The zero-order valence-corrected chi connectivity index (χ0v) is 11.0. The van der Waals surface area contributed by atoms with E-state index in [0.717, 1.165) is 0 Å². The van der Waals surface area contributed by atoms with E-state index in [1.54, 1.807) is 0 Å². The normalized spacial score (nSPS) is 17.8. The third kappa shape index (κ3) is 3.45. The second-order valence-electron chi connectivity index (χ2n) is 5.93. The van der Waals surface area contributed by atoms with E-state index in [0.29, 0.717) is 0 Å². The monoisotopic (exact) mass is 198 g/mol. The summed E-state index contributed by atoms with van der Waals surface area (Å²) in [5, 5.41) is 9.94. The Morgan fingerprint density at radius 1 is 1.00 bits per heavy atom. The molecule has 1 atom stereocenters. The first kappa shape index (κ1) is 13.7. The van der Waals surface area contributed by atoms with Crippen molar-refractivity contribution in [2.24, 2.45) is 11.3 Å². The predicted molar refractivity (Wildman–Crippen MR) is 63.3 cm³/mol. The van der Waals surface area contributed by atoms with E-state index in [1.807, 2.05) is 13.8 Å². The number of allylic oxidation sites excluding steroid dienone is 1. The zero-order valence-electron chi connectivity index (χ0n) is 11.0. The first-order valence-electron chi connectivity index (χ1n) is 5.38. The summed E-state index contributed by atoms with van der Waals surface area (Å²) in [4.78, 5) is 0. The van der Waals surface area contributed by atoms with Crippen LogP contribution in [0.4, 0.5) is 0 Å². The molecule has 0 aromatic heterocycles. The quantitative estimate of drug-likeness (QED) is 0.670. The minimum absolute atomic E-state index is 0.198. The van der Waals surface area contributed by atoms with Crippen LogP contribution in [0.3, 0.4) is 0 Å². The third-order valence-electron chi connectivity index (χ3n) is 3.43. The first-order chi connectivity index (χ1) is 5.98. The molecule has 1 nitrogen and oxygen atoms in total. The SMILES string of the molecule is CC(=C(C)C(C)(C)C)C(C)C(C)(C)O. The lowest BCUT2D eigenvalue weighted by molar-refractivity contribution is 0.0388. The Bertz CT molecular complexity index is 223. The zero-order chi connectivity index (χ0) is 11.7. The summed E-state index contributed by atoms with van der Waals surface area (Å²) in [5.41, 5.74) is 2.26. The van der Waals surface area contributed by atoms with Crippen molar-refractivity contribution in [3.05, 3.63) is 11.1 Å². The first-order valence-corrected chi connectivity index (χ1v) is 5.38. The van der Waals surface area contributed by atoms with Crippen LogP contribution in [0.2, 0.25) is 0 Å². The molecule has 0 aromatic carbocycles. The van der Waals surface area contributed by atoms with Crippen molar-refractivity contribution in [3.8, 4) is 0 Å². The molecule has 1 unspecified atom stereocenters. The van der Waals surface area contributed by atoms with E-state index in [2.05, 4.69) is 41.5 Å². The lowest BCUT2D eigenvalue weighted by Gasteiger charge is -2.31. The van der Waals surface area contributed by atoms with Crippen molar-refractivity contribution in [1.29, 1.82) is 0 Å². The molecule has 0 aliphatic carbocycles. The second kappa shape index (κ2) is 4.06. The highest BCUT2D eigenvalue weighted by Crippen LogP contribution is 2.33. The van der Waals surface area contributed by atoms with Crippen molar-refractivity contribution in [1.82, 2.24) is 0 Å². The molecule has 84 valence electrons. The average Bonchev–Trinajstić information content (AvgIpc) is 1.97. The summed E-state index contributed by atoms with van der Waals surface area (Å²) in [6.45, 7) is 16.8. The fourth-order valence-electron chi connectivity index (χ4n) is 1.45. The average molecular weight is 198 g/mol. The highest BCUT2D eigenvalue weighted by Gasteiger charge is 2.27. The molecule has 0 radical (unpaired) electrons. The van der Waals surface area contributed by atoms with Crippen LogP contribution in [0.15, 0.2) is 11.1 Å². The third-order valence-corrected chi connectivity index (χ3v) is 3.43. The minimum Gasteiger partial charge on any atom is -0.390 e. The number of rotatable bonds is 2. The van der Waals surface area contributed by atoms with Crippen molar-refractivity contribution in [3.63, 3.8) is 0 Å². The summed E-state index contributed by atoms with van der Waals surface area (Å²) in [6.07, 6.45) is 0. The minimum atomic E-state index is -0.628. The lowest BCUT2D eigenvalue weighted by Crippen LogP contribution is -2.30. The van der Waals surface area contributed by atoms with Gasteiger partial charge in [-0.2, -0.15) is 0 Å². The van der Waals surface area contributed by atoms with Gasteiger partial charge < -0.3 is 5.11 Å². The molecule has 0 bridgehead atoms. The molecule has 0 amide bonds. The molecule has 0 saturated heterocycles. The maximum absolute atomic E-state index is 9.94. The molecule has 0 rings (SSSR count). The molecule has 0 heterocycles. The van der Waals surface area contributed by atoms with E-state index in [-0.39, 0.29) is 11.3 Å². The maximum atomic E-state index is 9.94. The number of hydrogen-bond donors (Lipinski definition) is 1. The van der Waals surface area contributed by atoms with Gasteiger partial charge in [-0.25, -0.2) is 0 Å². The van der Waals surface area contributed by atoms with E-state index in [1.165, 1.54) is 11.1 Å². The van der Waals surface area contributed by atoms with Gasteiger partial charge in [-0.15, -0.1) is 0 Å². The van der Waals surface area contributed by atoms with Crippen LogP contribution in [-0.4, -0.2) is 10.7 Å². The van der Waals surface area contributed by atoms with Gasteiger partial charge in [0, 0.05) is 5.92 Å². The van der Waals surface area contributed by atoms with Gasteiger partial charge >= 0.3 is 0 Å². The van der Waals surface area contributed by atoms with Gasteiger partial charge in [-0.3, -0.25) is 0 Å². The molecule has 14 heavy (non-hydrogen) atoms. The van der Waals surface area contributed by atoms with E-state index in [9.17, 15) is 5.11 Å². The fourth-order valence-corrected chi connectivity index (χ4v) is 1.45. The van der Waals surface area contributed by atoms with Gasteiger partial charge in [0.2, 0.25) is 0 Å². The van der Waals surface area contributed by atoms with Crippen LogP contribution in [0.5, 0.6) is 0 Å². The lowest BCUT2D eigenvalue weighted by atomic mass is 9.77. The Hall–Kier alpha value is -0.300. The molecule has 0 aliphatic rings. The predicted octanol–water partition coefficient (Wildman–Crippen LogP) is 3.78. The smallest absolute Gasteiger partial charge is 0.0654 e. The van der Waals surface area contributed by atoms with Crippen molar-refractivity contribution < 1.29 is 5.11 Å². The van der Waals surface area contributed by atoms with Crippen LogP contribution >= 0.6 is 0 Å². The Morgan fingerprint density at radius 2 is 1.36 bits per heavy atom. The highest BCUT2D eigenvalue weighted by atomic mass is 16.3. The Balaban J connectivity index is 5.03. The second-order valence-corrected chi connectivity index (χ2v) is 5.93. The summed E-state index contributed by atoms with van der Waals surface area (Å²) >= 11 is 0. The van der Waals surface area contributed by atoms with Gasteiger partial charge in [-0.05, 0) is 33.1 Å². The van der Waals surface area contributed by atoms with Gasteiger partial charge in [-0.1, -0.05) is 38.8 Å². The Morgan fingerprint density at radius 3 is 1.57 bits per heavy atom. The molecule has 1 heteroatoms. The summed E-state index contributed by atoms with van der Waals surface area (Å²) in [7, 11) is 0. The van der Waals surface area contributed by atoms with Gasteiger partial charge in [0.15, 0.2) is 0 Å². The van der Waals surface area contributed by atoms with Crippen LogP contribution in [0.25, 0.3) is 0 Å². The van der Waals surface area contributed by atoms with Crippen molar-refractivity contribution in [2.75, 3.05) is 0 Å².